The zero-order valence-corrected chi connectivity index (χ0v) is 15.3. The molecule has 0 aliphatic carbocycles. The highest BCUT2D eigenvalue weighted by Gasteiger charge is 2.33. The average molecular weight is 374 g/mol. The van der Waals surface area contributed by atoms with E-state index in [1.807, 2.05) is 28.7 Å². The number of carbonyl (C=O) groups excluding carboxylic acids is 2. The van der Waals surface area contributed by atoms with Gasteiger partial charge in [-0.1, -0.05) is 0 Å². The molecule has 0 saturated carbocycles. The predicted octanol–water partition coefficient (Wildman–Crippen LogP) is 1.27. The van der Waals surface area contributed by atoms with Gasteiger partial charge in [0.05, 0.1) is 12.7 Å². The maximum absolute atomic E-state index is 12.6. The molecule has 2 N–H and O–H groups in total. The summed E-state index contributed by atoms with van der Waals surface area (Å²) in [6.45, 7) is 4.66. The van der Waals surface area contributed by atoms with Gasteiger partial charge in [0, 0.05) is 36.6 Å². The number of carbonyl (C=O) groups is 2. The topological polar surface area (TPSA) is 70.7 Å². The minimum atomic E-state index is -0.249. The second kappa shape index (κ2) is 8.80. The van der Waals surface area contributed by atoms with Crippen molar-refractivity contribution >= 4 is 35.6 Å². The van der Waals surface area contributed by atoms with Crippen LogP contribution >= 0.6 is 23.7 Å². The third kappa shape index (κ3) is 4.47. The third-order valence-electron chi connectivity index (χ3n) is 4.51. The van der Waals surface area contributed by atoms with E-state index >= 15 is 0 Å². The summed E-state index contributed by atoms with van der Waals surface area (Å²) in [4.78, 5) is 26.5. The highest BCUT2D eigenvalue weighted by atomic mass is 35.5. The van der Waals surface area contributed by atoms with Crippen molar-refractivity contribution in [3.8, 4) is 0 Å². The maximum atomic E-state index is 12.6. The van der Waals surface area contributed by atoms with Gasteiger partial charge in [0.1, 0.15) is 6.04 Å². The molecule has 3 rings (SSSR count). The Hall–Kier alpha value is -1.15. The van der Waals surface area contributed by atoms with Crippen LogP contribution in [0.4, 0.5) is 0 Å². The number of rotatable bonds is 3. The summed E-state index contributed by atoms with van der Waals surface area (Å²) in [7, 11) is 0. The molecule has 2 atom stereocenters. The number of likely N-dealkylation sites (tertiary alicyclic amines) is 1. The Bertz CT molecular complexity index is 547. The van der Waals surface area contributed by atoms with Gasteiger partial charge < -0.3 is 20.3 Å². The summed E-state index contributed by atoms with van der Waals surface area (Å²) in [6, 6.07) is 1.72. The Kier molecular flexibility index (Phi) is 7.03. The molecule has 3 heterocycles. The Labute approximate surface area is 152 Å². The maximum Gasteiger partial charge on any atom is 0.252 e. The first-order valence-corrected chi connectivity index (χ1v) is 9.06. The SMILES string of the molecule is C[C@H]1OCCN[C@@H]1C(=O)N1CCC(NC(=O)c2ccsc2)CC1.Cl. The standard InChI is InChI=1S/C16H23N3O3S.ClH/c1-11-14(17-5-8-22-11)16(21)19-6-2-13(3-7-19)18-15(20)12-4-9-23-10-12;/h4,9-11,13-14,17H,2-3,5-8H2,1H3,(H,18,20);1H/t11-,14+;/m1./s1. The summed E-state index contributed by atoms with van der Waals surface area (Å²) in [5.74, 6) is 0.0896. The van der Waals surface area contributed by atoms with E-state index < -0.39 is 0 Å². The van der Waals surface area contributed by atoms with E-state index in [2.05, 4.69) is 10.6 Å². The van der Waals surface area contributed by atoms with Crippen molar-refractivity contribution in [1.82, 2.24) is 15.5 Å². The molecule has 1 aromatic heterocycles. The number of morpholine rings is 1. The van der Waals surface area contributed by atoms with E-state index in [9.17, 15) is 9.59 Å². The van der Waals surface area contributed by atoms with Gasteiger partial charge in [0.2, 0.25) is 5.91 Å². The Morgan fingerprint density at radius 3 is 2.75 bits per heavy atom. The summed E-state index contributed by atoms with van der Waals surface area (Å²) in [6.07, 6.45) is 1.50. The van der Waals surface area contributed by atoms with Crippen LogP contribution < -0.4 is 10.6 Å². The number of halogens is 1. The van der Waals surface area contributed by atoms with Gasteiger partial charge in [0.15, 0.2) is 0 Å². The highest BCUT2D eigenvalue weighted by Crippen LogP contribution is 2.15. The number of nitrogens with one attached hydrogen (secondary N) is 2. The summed E-state index contributed by atoms with van der Waals surface area (Å²) < 4.78 is 5.55. The van der Waals surface area contributed by atoms with Crippen molar-refractivity contribution in [1.29, 1.82) is 0 Å². The first kappa shape index (κ1) is 19.2. The summed E-state index contributed by atoms with van der Waals surface area (Å²) in [5.41, 5.74) is 0.714. The van der Waals surface area contributed by atoms with Gasteiger partial charge >= 0.3 is 0 Å². The molecule has 2 amide bonds. The van der Waals surface area contributed by atoms with Crippen LogP contribution in [0.2, 0.25) is 0 Å². The number of piperidine rings is 1. The predicted molar refractivity (Wildman–Crippen MR) is 95.8 cm³/mol. The zero-order valence-electron chi connectivity index (χ0n) is 13.7. The van der Waals surface area contributed by atoms with Gasteiger partial charge in [-0.15, -0.1) is 12.4 Å². The van der Waals surface area contributed by atoms with Crippen LogP contribution in [0.3, 0.4) is 0 Å². The van der Waals surface area contributed by atoms with E-state index in [1.54, 1.807) is 0 Å². The molecule has 2 aliphatic heterocycles. The van der Waals surface area contributed by atoms with E-state index in [-0.39, 0.29) is 42.4 Å². The number of ether oxygens (including phenoxy) is 1. The van der Waals surface area contributed by atoms with Crippen molar-refractivity contribution in [2.75, 3.05) is 26.2 Å². The molecule has 2 saturated heterocycles. The lowest BCUT2D eigenvalue weighted by Crippen LogP contribution is -2.58. The van der Waals surface area contributed by atoms with Crippen molar-refractivity contribution < 1.29 is 14.3 Å². The van der Waals surface area contributed by atoms with Crippen LogP contribution in [-0.2, 0) is 9.53 Å². The number of nitrogens with zero attached hydrogens (tertiary/aromatic N) is 1. The van der Waals surface area contributed by atoms with Gasteiger partial charge in [-0.25, -0.2) is 0 Å². The molecule has 6 nitrogen and oxygen atoms in total. The highest BCUT2D eigenvalue weighted by molar-refractivity contribution is 7.08. The van der Waals surface area contributed by atoms with Crippen LogP contribution in [0, 0.1) is 0 Å². The lowest BCUT2D eigenvalue weighted by molar-refractivity contribution is -0.140. The van der Waals surface area contributed by atoms with Crippen LogP contribution in [-0.4, -0.2) is 61.1 Å². The lowest BCUT2D eigenvalue weighted by Gasteiger charge is -2.37. The molecule has 0 bridgehead atoms. The Balaban J connectivity index is 0.00000208. The molecule has 2 aliphatic rings. The smallest absolute Gasteiger partial charge is 0.252 e. The normalized spacial score (nSPS) is 25.0. The first-order valence-electron chi connectivity index (χ1n) is 8.12. The van der Waals surface area contributed by atoms with Crippen LogP contribution in [0.15, 0.2) is 16.8 Å². The van der Waals surface area contributed by atoms with E-state index in [0.29, 0.717) is 31.8 Å². The fourth-order valence-electron chi connectivity index (χ4n) is 3.11. The molecule has 1 aromatic rings. The second-order valence-electron chi connectivity index (χ2n) is 6.09. The molecule has 0 spiro atoms. The Morgan fingerprint density at radius 1 is 1.38 bits per heavy atom. The molecule has 0 unspecified atom stereocenters. The van der Waals surface area contributed by atoms with Gasteiger partial charge in [0.25, 0.3) is 5.91 Å². The van der Waals surface area contributed by atoms with Gasteiger partial charge in [-0.2, -0.15) is 11.3 Å². The third-order valence-corrected chi connectivity index (χ3v) is 5.19. The largest absolute Gasteiger partial charge is 0.375 e. The average Bonchev–Trinajstić information content (AvgIpc) is 3.10. The van der Waals surface area contributed by atoms with E-state index in [4.69, 9.17) is 4.74 Å². The Morgan fingerprint density at radius 2 is 2.12 bits per heavy atom. The van der Waals surface area contributed by atoms with Crippen molar-refractivity contribution in [3.63, 3.8) is 0 Å². The fourth-order valence-corrected chi connectivity index (χ4v) is 3.75. The molecule has 134 valence electrons. The van der Waals surface area contributed by atoms with Crippen molar-refractivity contribution in [2.24, 2.45) is 0 Å². The lowest BCUT2D eigenvalue weighted by atomic mass is 10.0. The number of hydrogen-bond acceptors (Lipinski definition) is 5. The minimum Gasteiger partial charge on any atom is -0.375 e. The van der Waals surface area contributed by atoms with Crippen molar-refractivity contribution in [2.45, 2.75) is 38.0 Å². The zero-order chi connectivity index (χ0) is 16.2. The van der Waals surface area contributed by atoms with Crippen molar-refractivity contribution in [3.05, 3.63) is 22.4 Å². The van der Waals surface area contributed by atoms with Crippen LogP contribution in [0.5, 0.6) is 0 Å². The van der Waals surface area contributed by atoms with Crippen LogP contribution in [0.1, 0.15) is 30.1 Å². The fraction of sp³-hybridized carbons (Fsp3) is 0.625. The number of thiophene rings is 1. The summed E-state index contributed by atoms with van der Waals surface area (Å²) in [5, 5.41) is 10.1. The number of amides is 2. The molecular formula is C16H24ClN3O3S. The molecule has 24 heavy (non-hydrogen) atoms. The van der Waals surface area contributed by atoms with Crippen LogP contribution in [0.25, 0.3) is 0 Å². The van der Waals surface area contributed by atoms with Gasteiger partial charge in [-0.3, -0.25) is 9.59 Å². The minimum absolute atomic E-state index is 0. The van der Waals surface area contributed by atoms with E-state index in [0.717, 1.165) is 12.8 Å². The molecule has 2 fully saturated rings. The quantitative estimate of drug-likeness (QED) is 0.837. The molecule has 8 heteroatoms. The second-order valence-corrected chi connectivity index (χ2v) is 6.87. The summed E-state index contributed by atoms with van der Waals surface area (Å²) >= 11 is 1.52. The molecular weight excluding hydrogens is 350 g/mol. The molecule has 0 aromatic carbocycles. The molecule has 0 radical (unpaired) electrons. The first-order chi connectivity index (χ1) is 11.1. The van der Waals surface area contributed by atoms with Gasteiger partial charge in [-0.05, 0) is 31.2 Å². The van der Waals surface area contributed by atoms with E-state index in [1.165, 1.54) is 11.3 Å². The monoisotopic (exact) mass is 373 g/mol. The number of hydrogen-bond donors (Lipinski definition) is 2.